The molecule has 6 heteroatoms. The molecule has 1 aliphatic rings. The molecule has 1 fully saturated rings. The Labute approximate surface area is 107 Å². The monoisotopic (exact) mass is 258 g/mol. The van der Waals surface area contributed by atoms with Gasteiger partial charge in [0.2, 0.25) is 0 Å². The van der Waals surface area contributed by atoms with Crippen molar-refractivity contribution in [1.82, 2.24) is 10.6 Å². The SMILES string of the molecule is COC(=O)C1CNCCC1NC(=O)OC(C)(C)C. The quantitative estimate of drug-likeness (QED) is 0.712. The molecular weight excluding hydrogens is 236 g/mol. The molecule has 0 radical (unpaired) electrons. The number of piperidine rings is 1. The molecule has 0 aromatic carbocycles. The number of amides is 1. The first-order valence-corrected chi connectivity index (χ1v) is 6.11. The van der Waals surface area contributed by atoms with Crippen LogP contribution in [0.4, 0.5) is 4.79 Å². The molecule has 0 aliphatic carbocycles. The number of carbonyl (C=O) groups is 2. The Balaban J connectivity index is 2.57. The van der Waals surface area contributed by atoms with E-state index in [1.165, 1.54) is 7.11 Å². The van der Waals surface area contributed by atoms with Crippen molar-refractivity contribution >= 4 is 12.1 Å². The summed E-state index contributed by atoms with van der Waals surface area (Å²) in [5, 5.41) is 5.85. The second-order valence-electron chi connectivity index (χ2n) is 5.38. The summed E-state index contributed by atoms with van der Waals surface area (Å²) >= 11 is 0. The van der Waals surface area contributed by atoms with Crippen molar-refractivity contribution in [2.24, 2.45) is 5.92 Å². The van der Waals surface area contributed by atoms with Gasteiger partial charge in [-0.2, -0.15) is 0 Å². The van der Waals surface area contributed by atoms with Crippen molar-refractivity contribution in [2.45, 2.75) is 38.8 Å². The fraction of sp³-hybridized carbons (Fsp3) is 0.833. The van der Waals surface area contributed by atoms with Crippen LogP contribution in [0.3, 0.4) is 0 Å². The van der Waals surface area contributed by atoms with Crippen LogP contribution < -0.4 is 10.6 Å². The number of alkyl carbamates (subject to hydrolysis) is 1. The number of hydrogen-bond donors (Lipinski definition) is 2. The third-order valence-corrected chi connectivity index (χ3v) is 2.69. The minimum Gasteiger partial charge on any atom is -0.469 e. The second-order valence-corrected chi connectivity index (χ2v) is 5.38. The van der Waals surface area contributed by atoms with Crippen molar-refractivity contribution in [3.63, 3.8) is 0 Å². The zero-order valence-corrected chi connectivity index (χ0v) is 11.4. The molecule has 1 amide bonds. The van der Waals surface area contributed by atoms with E-state index < -0.39 is 11.7 Å². The fourth-order valence-corrected chi connectivity index (χ4v) is 1.89. The Morgan fingerprint density at radius 3 is 2.56 bits per heavy atom. The summed E-state index contributed by atoms with van der Waals surface area (Å²) in [6, 6.07) is -0.242. The molecule has 1 heterocycles. The summed E-state index contributed by atoms with van der Waals surface area (Å²) in [6.07, 6.45) is 0.183. The van der Waals surface area contributed by atoms with E-state index in [4.69, 9.17) is 9.47 Å². The molecule has 2 N–H and O–H groups in total. The predicted molar refractivity (Wildman–Crippen MR) is 66.2 cm³/mol. The third-order valence-electron chi connectivity index (χ3n) is 2.69. The van der Waals surface area contributed by atoms with Crippen LogP contribution in [0, 0.1) is 5.92 Å². The number of carbonyl (C=O) groups excluding carboxylic acids is 2. The Kier molecular flexibility index (Phi) is 4.95. The van der Waals surface area contributed by atoms with Gasteiger partial charge in [0.25, 0.3) is 0 Å². The second kappa shape index (κ2) is 6.04. The van der Waals surface area contributed by atoms with Crippen LogP contribution in [0.25, 0.3) is 0 Å². The molecule has 0 spiro atoms. The van der Waals surface area contributed by atoms with Crippen molar-refractivity contribution in [3.8, 4) is 0 Å². The molecule has 0 saturated carbocycles. The smallest absolute Gasteiger partial charge is 0.407 e. The van der Waals surface area contributed by atoms with E-state index in [0.29, 0.717) is 13.0 Å². The number of nitrogens with one attached hydrogen (secondary N) is 2. The Hall–Kier alpha value is -1.30. The van der Waals surface area contributed by atoms with Crippen LogP contribution in [-0.4, -0.2) is 43.9 Å². The van der Waals surface area contributed by atoms with E-state index in [-0.39, 0.29) is 17.9 Å². The van der Waals surface area contributed by atoms with Gasteiger partial charge >= 0.3 is 12.1 Å². The molecule has 1 saturated heterocycles. The highest BCUT2D eigenvalue weighted by atomic mass is 16.6. The summed E-state index contributed by atoms with van der Waals surface area (Å²) in [5.41, 5.74) is -0.544. The number of hydrogen-bond acceptors (Lipinski definition) is 5. The van der Waals surface area contributed by atoms with Gasteiger partial charge in [-0.1, -0.05) is 0 Å². The van der Waals surface area contributed by atoms with E-state index in [9.17, 15) is 9.59 Å². The predicted octanol–water partition coefficient (Wildman–Crippen LogP) is 0.662. The lowest BCUT2D eigenvalue weighted by Crippen LogP contribution is -2.53. The topological polar surface area (TPSA) is 76.7 Å². The first-order chi connectivity index (χ1) is 8.33. The molecule has 1 rings (SSSR count). The average Bonchev–Trinajstić information content (AvgIpc) is 2.26. The number of methoxy groups -OCH3 is 1. The summed E-state index contributed by atoms with van der Waals surface area (Å²) in [4.78, 5) is 23.3. The maximum atomic E-state index is 11.7. The molecule has 0 aromatic rings. The molecule has 2 atom stereocenters. The summed E-state index contributed by atoms with van der Waals surface area (Å²) < 4.78 is 9.91. The molecular formula is C12H22N2O4. The van der Waals surface area contributed by atoms with Gasteiger partial charge < -0.3 is 20.1 Å². The lowest BCUT2D eigenvalue weighted by Gasteiger charge is -2.31. The van der Waals surface area contributed by atoms with E-state index in [1.54, 1.807) is 20.8 Å². The van der Waals surface area contributed by atoms with Crippen molar-refractivity contribution in [3.05, 3.63) is 0 Å². The van der Waals surface area contributed by atoms with Gasteiger partial charge in [0.1, 0.15) is 5.60 Å². The van der Waals surface area contributed by atoms with Crippen LogP contribution in [0.2, 0.25) is 0 Å². The zero-order chi connectivity index (χ0) is 13.8. The van der Waals surface area contributed by atoms with Gasteiger partial charge in [0.15, 0.2) is 0 Å². The average molecular weight is 258 g/mol. The van der Waals surface area contributed by atoms with Gasteiger partial charge in [-0.3, -0.25) is 4.79 Å². The first kappa shape index (κ1) is 14.8. The third kappa shape index (κ3) is 4.52. The normalized spacial score (nSPS) is 24.2. The van der Waals surface area contributed by atoms with E-state index in [1.807, 2.05) is 0 Å². The summed E-state index contributed by atoms with van der Waals surface area (Å²) in [5.74, 6) is -0.681. The Bertz CT molecular complexity index is 312. The van der Waals surface area contributed by atoms with Crippen LogP contribution >= 0.6 is 0 Å². The summed E-state index contributed by atoms with van der Waals surface area (Å²) in [6.45, 7) is 6.66. The van der Waals surface area contributed by atoms with Crippen LogP contribution in [0.15, 0.2) is 0 Å². The van der Waals surface area contributed by atoms with Gasteiger partial charge in [0, 0.05) is 12.6 Å². The number of esters is 1. The van der Waals surface area contributed by atoms with E-state index >= 15 is 0 Å². The maximum absolute atomic E-state index is 11.7. The molecule has 0 bridgehead atoms. The Morgan fingerprint density at radius 1 is 1.33 bits per heavy atom. The number of rotatable bonds is 2. The number of ether oxygens (including phenoxy) is 2. The lowest BCUT2D eigenvalue weighted by atomic mass is 9.93. The van der Waals surface area contributed by atoms with E-state index in [0.717, 1.165) is 6.54 Å². The van der Waals surface area contributed by atoms with Crippen LogP contribution in [0.5, 0.6) is 0 Å². The van der Waals surface area contributed by atoms with E-state index in [2.05, 4.69) is 10.6 Å². The highest BCUT2D eigenvalue weighted by Crippen LogP contribution is 2.14. The first-order valence-electron chi connectivity index (χ1n) is 6.11. The molecule has 104 valence electrons. The van der Waals surface area contributed by atoms with Crippen molar-refractivity contribution < 1.29 is 19.1 Å². The maximum Gasteiger partial charge on any atom is 0.407 e. The summed E-state index contributed by atoms with van der Waals surface area (Å²) in [7, 11) is 1.35. The van der Waals surface area contributed by atoms with Crippen LogP contribution in [0.1, 0.15) is 27.2 Å². The lowest BCUT2D eigenvalue weighted by molar-refractivity contribution is -0.146. The zero-order valence-electron chi connectivity index (χ0n) is 11.4. The van der Waals surface area contributed by atoms with Crippen molar-refractivity contribution in [1.29, 1.82) is 0 Å². The molecule has 0 aromatic heterocycles. The van der Waals surface area contributed by atoms with Gasteiger partial charge in [0.05, 0.1) is 13.0 Å². The standard InChI is InChI=1S/C12H22N2O4/c1-12(2,3)18-11(16)14-9-5-6-13-7-8(9)10(15)17-4/h8-9,13H,5-7H2,1-4H3,(H,14,16). The van der Waals surface area contributed by atoms with Crippen molar-refractivity contribution in [2.75, 3.05) is 20.2 Å². The fourth-order valence-electron chi connectivity index (χ4n) is 1.89. The van der Waals surface area contributed by atoms with Crippen LogP contribution in [-0.2, 0) is 14.3 Å². The Morgan fingerprint density at radius 2 is 2.00 bits per heavy atom. The minimum atomic E-state index is -0.544. The highest BCUT2D eigenvalue weighted by Gasteiger charge is 2.33. The molecule has 6 nitrogen and oxygen atoms in total. The minimum absolute atomic E-state index is 0.242. The van der Waals surface area contributed by atoms with Gasteiger partial charge in [-0.25, -0.2) is 4.79 Å². The molecule has 18 heavy (non-hydrogen) atoms. The largest absolute Gasteiger partial charge is 0.469 e. The van der Waals surface area contributed by atoms with Gasteiger partial charge in [-0.05, 0) is 33.7 Å². The highest BCUT2D eigenvalue weighted by molar-refractivity contribution is 5.75. The molecule has 1 aliphatic heterocycles. The molecule has 2 unspecified atom stereocenters. The van der Waals surface area contributed by atoms with Gasteiger partial charge in [-0.15, -0.1) is 0 Å².